The van der Waals surface area contributed by atoms with Gasteiger partial charge in [-0.05, 0) is 25.5 Å². The van der Waals surface area contributed by atoms with E-state index in [-0.39, 0.29) is 11.2 Å². The molecule has 1 aliphatic rings. The van der Waals surface area contributed by atoms with Gasteiger partial charge in [0.15, 0.2) is 0 Å². The van der Waals surface area contributed by atoms with Gasteiger partial charge in [0.1, 0.15) is 0 Å². The van der Waals surface area contributed by atoms with Crippen LogP contribution in [-0.4, -0.2) is 28.9 Å². The average molecular weight is 251 g/mol. The molecular weight excluding hydrogens is 234 g/mol. The van der Waals surface area contributed by atoms with Crippen LogP contribution >= 0.6 is 11.8 Å². The summed E-state index contributed by atoms with van der Waals surface area (Å²) in [5, 5.41) is 12.2. The van der Waals surface area contributed by atoms with E-state index in [2.05, 4.69) is 37.4 Å². The van der Waals surface area contributed by atoms with E-state index in [0.717, 1.165) is 13.1 Å². The van der Waals surface area contributed by atoms with Gasteiger partial charge >= 0.3 is 5.97 Å². The van der Waals surface area contributed by atoms with Gasteiger partial charge in [-0.15, -0.1) is 11.8 Å². The highest BCUT2D eigenvalue weighted by Gasteiger charge is 2.40. The van der Waals surface area contributed by atoms with Crippen LogP contribution in [0.3, 0.4) is 0 Å². The van der Waals surface area contributed by atoms with Crippen LogP contribution in [0.2, 0.25) is 0 Å². The first-order valence-corrected chi connectivity index (χ1v) is 6.51. The lowest BCUT2D eigenvalue weighted by molar-refractivity contribution is -0.138. The van der Waals surface area contributed by atoms with Crippen LogP contribution in [0, 0.1) is 13.8 Å². The fourth-order valence-corrected chi connectivity index (χ4v) is 3.45. The van der Waals surface area contributed by atoms with Crippen molar-refractivity contribution in [2.75, 3.05) is 13.1 Å². The summed E-state index contributed by atoms with van der Waals surface area (Å²) >= 11 is 1.70. The van der Waals surface area contributed by atoms with E-state index in [1.165, 1.54) is 16.0 Å². The Hall–Kier alpha value is -1.00. The average Bonchev–Trinajstić information content (AvgIpc) is 2.19. The van der Waals surface area contributed by atoms with Gasteiger partial charge in [-0.2, -0.15) is 0 Å². The first-order valence-electron chi connectivity index (χ1n) is 5.70. The van der Waals surface area contributed by atoms with Crippen LogP contribution in [0.25, 0.3) is 0 Å². The SMILES string of the molecule is Cc1ccc(C)c(SC2(CC(=O)O)CNC2)c1. The number of nitrogens with one attached hydrogen (secondary N) is 1. The summed E-state index contributed by atoms with van der Waals surface area (Å²) in [5.74, 6) is -0.718. The van der Waals surface area contributed by atoms with E-state index in [0.29, 0.717) is 0 Å². The summed E-state index contributed by atoms with van der Waals surface area (Å²) in [6.07, 6.45) is 0.220. The molecule has 0 aromatic heterocycles. The molecule has 92 valence electrons. The molecule has 0 atom stereocenters. The van der Waals surface area contributed by atoms with Gasteiger partial charge in [-0.3, -0.25) is 4.79 Å². The molecule has 0 spiro atoms. The van der Waals surface area contributed by atoms with Crippen molar-refractivity contribution in [1.29, 1.82) is 0 Å². The van der Waals surface area contributed by atoms with Gasteiger partial charge in [0.25, 0.3) is 0 Å². The molecule has 0 saturated carbocycles. The van der Waals surface area contributed by atoms with E-state index in [9.17, 15) is 4.79 Å². The lowest BCUT2D eigenvalue weighted by Gasteiger charge is -2.41. The summed E-state index contributed by atoms with van der Waals surface area (Å²) < 4.78 is -0.162. The first-order chi connectivity index (χ1) is 8.01. The molecular formula is C13H17NO2S. The first kappa shape index (κ1) is 12.5. The summed E-state index contributed by atoms with van der Waals surface area (Å²) in [6.45, 7) is 5.68. The maximum Gasteiger partial charge on any atom is 0.304 e. The zero-order valence-electron chi connectivity index (χ0n) is 10.1. The predicted octanol–water partition coefficient (Wildman–Crippen LogP) is 2.21. The van der Waals surface area contributed by atoms with Gasteiger partial charge in [0.2, 0.25) is 0 Å². The minimum absolute atomic E-state index is 0.162. The number of aliphatic carboxylic acids is 1. The van der Waals surface area contributed by atoms with Crippen molar-refractivity contribution in [3.05, 3.63) is 29.3 Å². The Morgan fingerprint density at radius 2 is 2.18 bits per heavy atom. The highest BCUT2D eigenvalue weighted by atomic mass is 32.2. The number of thioether (sulfide) groups is 1. The van der Waals surface area contributed by atoms with Crippen molar-refractivity contribution < 1.29 is 9.90 Å². The van der Waals surface area contributed by atoms with Gasteiger partial charge in [-0.25, -0.2) is 0 Å². The predicted molar refractivity (Wildman–Crippen MR) is 69.6 cm³/mol. The smallest absolute Gasteiger partial charge is 0.304 e. The van der Waals surface area contributed by atoms with Crippen molar-refractivity contribution in [2.45, 2.75) is 29.9 Å². The van der Waals surface area contributed by atoms with E-state index >= 15 is 0 Å². The molecule has 1 aliphatic heterocycles. The lowest BCUT2D eigenvalue weighted by atomic mass is 9.98. The lowest BCUT2D eigenvalue weighted by Crippen LogP contribution is -2.58. The number of rotatable bonds is 4. The van der Waals surface area contributed by atoms with Gasteiger partial charge < -0.3 is 10.4 Å². The van der Waals surface area contributed by atoms with E-state index in [1.807, 2.05) is 0 Å². The Morgan fingerprint density at radius 3 is 2.71 bits per heavy atom. The Balaban J connectivity index is 2.18. The largest absolute Gasteiger partial charge is 0.481 e. The molecule has 17 heavy (non-hydrogen) atoms. The maximum absolute atomic E-state index is 10.9. The quantitative estimate of drug-likeness (QED) is 0.861. The number of hydrogen-bond acceptors (Lipinski definition) is 3. The van der Waals surface area contributed by atoms with Crippen LogP contribution in [0.15, 0.2) is 23.1 Å². The molecule has 1 aromatic rings. The van der Waals surface area contributed by atoms with Crippen LogP contribution in [0.5, 0.6) is 0 Å². The second-order valence-electron chi connectivity index (χ2n) is 4.73. The van der Waals surface area contributed by atoms with Crippen molar-refractivity contribution in [2.24, 2.45) is 0 Å². The molecule has 0 amide bonds. The third kappa shape index (κ3) is 2.82. The number of aryl methyl sites for hydroxylation is 2. The monoisotopic (exact) mass is 251 g/mol. The zero-order chi connectivity index (χ0) is 12.5. The standard InChI is InChI=1S/C13H17NO2S/c1-9-3-4-10(2)11(5-9)17-13(6-12(15)16)7-14-8-13/h3-5,14H,6-8H2,1-2H3,(H,15,16). The summed E-state index contributed by atoms with van der Waals surface area (Å²) in [4.78, 5) is 12.1. The third-order valence-corrected chi connectivity index (χ3v) is 4.56. The minimum atomic E-state index is -0.718. The highest BCUT2D eigenvalue weighted by molar-refractivity contribution is 8.00. The van der Waals surface area contributed by atoms with Crippen LogP contribution in [0.1, 0.15) is 17.5 Å². The van der Waals surface area contributed by atoms with Crippen LogP contribution < -0.4 is 5.32 Å². The molecule has 1 aromatic carbocycles. The second kappa shape index (κ2) is 4.70. The molecule has 3 nitrogen and oxygen atoms in total. The Bertz CT molecular complexity index is 441. The van der Waals surface area contributed by atoms with Gasteiger partial charge in [0.05, 0.1) is 11.2 Å². The maximum atomic E-state index is 10.9. The van der Waals surface area contributed by atoms with Crippen molar-refractivity contribution >= 4 is 17.7 Å². The number of carboxylic acid groups (broad SMARTS) is 1. The molecule has 0 unspecified atom stereocenters. The van der Waals surface area contributed by atoms with Gasteiger partial charge in [0, 0.05) is 18.0 Å². The van der Waals surface area contributed by atoms with E-state index in [1.54, 1.807) is 11.8 Å². The normalized spacial score (nSPS) is 17.5. The van der Waals surface area contributed by atoms with E-state index < -0.39 is 5.97 Å². The number of benzene rings is 1. The van der Waals surface area contributed by atoms with Crippen molar-refractivity contribution in [3.63, 3.8) is 0 Å². The van der Waals surface area contributed by atoms with Crippen molar-refractivity contribution in [3.8, 4) is 0 Å². The highest BCUT2D eigenvalue weighted by Crippen LogP contribution is 2.40. The van der Waals surface area contributed by atoms with Gasteiger partial charge in [-0.1, -0.05) is 17.7 Å². The number of carbonyl (C=O) groups is 1. The fraction of sp³-hybridized carbons (Fsp3) is 0.462. The minimum Gasteiger partial charge on any atom is -0.481 e. The summed E-state index contributed by atoms with van der Waals surface area (Å²) in [7, 11) is 0. The molecule has 0 radical (unpaired) electrons. The Kier molecular flexibility index (Phi) is 3.45. The number of carboxylic acids is 1. The topological polar surface area (TPSA) is 49.3 Å². The molecule has 4 heteroatoms. The summed E-state index contributed by atoms with van der Waals surface area (Å²) in [5.41, 5.74) is 2.44. The second-order valence-corrected chi connectivity index (χ2v) is 6.24. The Labute approximate surface area is 106 Å². The third-order valence-electron chi connectivity index (χ3n) is 3.04. The van der Waals surface area contributed by atoms with Crippen LogP contribution in [0.4, 0.5) is 0 Å². The molecule has 2 rings (SSSR count). The molecule has 2 N–H and O–H groups in total. The van der Waals surface area contributed by atoms with E-state index in [4.69, 9.17) is 5.11 Å². The molecule has 1 heterocycles. The van der Waals surface area contributed by atoms with Crippen LogP contribution in [-0.2, 0) is 4.79 Å². The molecule has 0 aliphatic carbocycles. The Morgan fingerprint density at radius 1 is 1.47 bits per heavy atom. The van der Waals surface area contributed by atoms with Crippen molar-refractivity contribution in [1.82, 2.24) is 5.32 Å². The summed E-state index contributed by atoms with van der Waals surface area (Å²) in [6, 6.07) is 6.32. The zero-order valence-corrected chi connectivity index (χ0v) is 10.9. The molecule has 1 saturated heterocycles. The fourth-order valence-electron chi connectivity index (χ4n) is 1.96. The molecule has 1 fully saturated rings. The molecule has 0 bridgehead atoms. The number of hydrogen-bond donors (Lipinski definition) is 2.